The van der Waals surface area contributed by atoms with E-state index in [1.54, 1.807) is 24.5 Å². The molecule has 2 aromatic carbocycles. The largest absolute Gasteiger partial charge is 0.370 e. The Morgan fingerprint density at radius 2 is 0.766 bits per heavy atom. The number of nitrogens with zero attached hydrogens (tertiary/aromatic N) is 3. The number of amides is 8. The van der Waals surface area contributed by atoms with Crippen LogP contribution in [0.3, 0.4) is 0 Å². The topological polar surface area (TPSA) is 472 Å². The number of thiol groups is 2. The summed E-state index contributed by atoms with van der Waals surface area (Å²) in [6.07, 6.45) is 3.80. The first kappa shape index (κ1) is 61.3. The number of hydrogen-bond donors (Lipinski definition) is 18. The van der Waals surface area contributed by atoms with Crippen molar-refractivity contribution in [1.29, 1.82) is 0 Å². The third-order valence-corrected chi connectivity index (χ3v) is 12.6. The van der Waals surface area contributed by atoms with Gasteiger partial charge in [-0.3, -0.25) is 53.3 Å². The number of aromatic nitrogens is 2. The molecular formula is C48H71N19O8S2. The molecule has 29 heteroatoms. The second-order valence-corrected chi connectivity index (χ2v) is 18.6. The van der Waals surface area contributed by atoms with Crippen LogP contribution in [-0.2, 0) is 51.2 Å². The SMILES string of the molecule is CC(=O)N[C@H](CCCN=C(N)N)C(=O)N[C@H](CCCN=C(N)N)C(=O)N[C@H](Cc1c[nH]c2ccccc12)C(=O)N[C@H](Cc1c[nH]c2ccccc12)C(=O)N[C@H](CS)C(=O)N[C@H](CCCN=C(N)N)C(=O)N[C@H](CS)C(N)=O. The number of guanidine groups is 3. The molecule has 0 spiro atoms. The molecular weight excluding hydrogens is 1030 g/mol. The van der Waals surface area contributed by atoms with Crippen molar-refractivity contribution in [2.24, 2.45) is 55.1 Å². The summed E-state index contributed by atoms with van der Waals surface area (Å²) in [5, 5.41) is 20.1. The lowest BCUT2D eigenvalue weighted by atomic mass is 10.0. The lowest BCUT2D eigenvalue weighted by molar-refractivity contribution is -0.135. The normalized spacial score (nSPS) is 13.7. The number of rotatable bonds is 32. The quantitative estimate of drug-likeness (QED) is 0.00971. The predicted octanol–water partition coefficient (Wildman–Crippen LogP) is -3.65. The molecule has 0 unspecified atom stereocenters. The number of carbonyl (C=O) groups is 8. The number of aliphatic imine (C=N–C) groups is 3. The monoisotopic (exact) mass is 1110 g/mol. The summed E-state index contributed by atoms with van der Waals surface area (Å²) in [6, 6.07) is 5.37. The molecule has 2 heterocycles. The van der Waals surface area contributed by atoms with Crippen LogP contribution in [0.1, 0.15) is 56.6 Å². The van der Waals surface area contributed by atoms with Crippen molar-refractivity contribution in [2.45, 2.75) is 101 Å². The van der Waals surface area contributed by atoms with Gasteiger partial charge in [0.15, 0.2) is 17.9 Å². The predicted molar refractivity (Wildman–Crippen MR) is 300 cm³/mol. The minimum absolute atomic E-state index is 0.0141. The van der Waals surface area contributed by atoms with Crippen LogP contribution in [0.2, 0.25) is 0 Å². The van der Waals surface area contributed by atoms with Gasteiger partial charge < -0.3 is 87.3 Å². The van der Waals surface area contributed by atoms with E-state index in [0.29, 0.717) is 11.1 Å². The van der Waals surface area contributed by atoms with E-state index in [0.717, 1.165) is 21.8 Å². The van der Waals surface area contributed by atoms with Crippen LogP contribution in [0.4, 0.5) is 0 Å². The molecule has 0 bridgehead atoms. The van der Waals surface area contributed by atoms with Gasteiger partial charge in [-0.05, 0) is 61.8 Å². The summed E-state index contributed by atoms with van der Waals surface area (Å²) in [4.78, 5) is 128. The van der Waals surface area contributed by atoms with Crippen LogP contribution in [0.15, 0.2) is 75.9 Å². The van der Waals surface area contributed by atoms with E-state index in [1.807, 2.05) is 36.4 Å². The van der Waals surface area contributed by atoms with Crippen molar-refractivity contribution in [1.82, 2.24) is 47.2 Å². The summed E-state index contributed by atoms with van der Waals surface area (Å²) in [6.45, 7) is 1.55. The van der Waals surface area contributed by atoms with Crippen LogP contribution < -0.4 is 77.4 Å². The van der Waals surface area contributed by atoms with Crippen LogP contribution in [0.5, 0.6) is 0 Å². The Bertz CT molecular complexity index is 2770. The van der Waals surface area contributed by atoms with Gasteiger partial charge in [0.05, 0.1) is 0 Å². The molecule has 418 valence electrons. The maximum absolute atomic E-state index is 15.0. The molecule has 0 saturated carbocycles. The molecule has 0 aliphatic heterocycles. The van der Waals surface area contributed by atoms with E-state index in [-0.39, 0.29) is 100 Å². The first-order valence-electron chi connectivity index (χ1n) is 24.6. The highest BCUT2D eigenvalue weighted by molar-refractivity contribution is 7.80. The molecule has 77 heavy (non-hydrogen) atoms. The summed E-state index contributed by atoms with van der Waals surface area (Å²) >= 11 is 8.44. The molecule has 27 nitrogen and oxygen atoms in total. The molecule has 4 aromatic rings. The van der Waals surface area contributed by atoms with E-state index in [9.17, 15) is 38.4 Å². The fourth-order valence-corrected chi connectivity index (χ4v) is 8.58. The Morgan fingerprint density at radius 3 is 1.12 bits per heavy atom. The van der Waals surface area contributed by atoms with Crippen LogP contribution in [0.25, 0.3) is 21.8 Å². The van der Waals surface area contributed by atoms with E-state index >= 15 is 0 Å². The van der Waals surface area contributed by atoms with Crippen molar-refractivity contribution in [2.75, 3.05) is 31.1 Å². The Hall–Kier alpha value is -8.21. The van der Waals surface area contributed by atoms with Crippen molar-refractivity contribution in [3.8, 4) is 0 Å². The summed E-state index contributed by atoms with van der Waals surface area (Å²) < 4.78 is 0. The minimum Gasteiger partial charge on any atom is -0.370 e. The molecule has 0 fully saturated rings. The number of nitrogens with one attached hydrogen (secondary N) is 9. The highest BCUT2D eigenvalue weighted by Crippen LogP contribution is 2.22. The zero-order valence-corrected chi connectivity index (χ0v) is 44.3. The number of hydrogen-bond acceptors (Lipinski definition) is 13. The molecule has 0 aliphatic rings. The van der Waals surface area contributed by atoms with E-state index in [1.165, 1.54) is 6.92 Å². The number of fused-ring (bicyclic) bond motifs is 2. The first-order valence-corrected chi connectivity index (χ1v) is 25.8. The zero-order chi connectivity index (χ0) is 56.6. The van der Waals surface area contributed by atoms with Gasteiger partial charge in [-0.25, -0.2) is 0 Å². The molecule has 8 amide bonds. The molecule has 23 N–H and O–H groups in total. The molecule has 0 aliphatic carbocycles. The standard InChI is InChI=1S/C48H71N19O8S2/c1-25(68)61-32(13-6-16-56-46(50)51)40(70)62-33(14-7-17-57-47(52)53)41(71)64-35(19-26-21-59-30-11-4-2-9-28(26)30)43(73)65-36(20-27-22-60-31-12-5-3-10-29(27)31)44(74)67-38(24-77)45(75)63-34(15-8-18-58-48(54)55)42(72)66-37(23-76)39(49)69/h2-5,9-12,21-22,32-38,59-60,76-77H,6-8,13-20,23-24H2,1H3,(H2,49,69)(H,61,68)(H,62,70)(H,63,75)(H,64,71)(H,65,73)(H,66,72)(H,67,74)(H4,50,51,56)(H4,52,53,57)(H4,54,55,58)/t32-,33-,34-,35-,36-,37-,38-/m1/s1. The highest BCUT2D eigenvalue weighted by atomic mass is 32.1. The number of benzene rings is 2. The van der Waals surface area contributed by atoms with Gasteiger partial charge in [0, 0.05) is 85.1 Å². The highest BCUT2D eigenvalue weighted by Gasteiger charge is 2.34. The molecule has 0 saturated heterocycles. The van der Waals surface area contributed by atoms with Crippen LogP contribution in [0, 0.1) is 0 Å². The van der Waals surface area contributed by atoms with Crippen molar-refractivity contribution < 1.29 is 38.4 Å². The van der Waals surface area contributed by atoms with Gasteiger partial charge in [0.1, 0.15) is 42.3 Å². The van der Waals surface area contributed by atoms with Gasteiger partial charge in [0.2, 0.25) is 47.3 Å². The molecule has 7 atom stereocenters. The Morgan fingerprint density at radius 1 is 0.455 bits per heavy atom. The smallest absolute Gasteiger partial charge is 0.244 e. The van der Waals surface area contributed by atoms with Crippen molar-refractivity contribution >= 4 is 112 Å². The van der Waals surface area contributed by atoms with E-state index in [2.05, 4.69) is 87.4 Å². The lowest BCUT2D eigenvalue weighted by Gasteiger charge is -2.27. The Labute approximate surface area is 454 Å². The minimum atomic E-state index is -1.43. The second kappa shape index (κ2) is 31.0. The van der Waals surface area contributed by atoms with Crippen molar-refractivity contribution in [3.63, 3.8) is 0 Å². The first-order chi connectivity index (χ1) is 36.7. The van der Waals surface area contributed by atoms with Gasteiger partial charge >= 0.3 is 0 Å². The number of H-pyrrole nitrogens is 2. The number of aromatic amines is 2. The van der Waals surface area contributed by atoms with Gasteiger partial charge in [-0.15, -0.1) is 0 Å². The van der Waals surface area contributed by atoms with Gasteiger partial charge in [-0.1, -0.05) is 36.4 Å². The van der Waals surface area contributed by atoms with Crippen molar-refractivity contribution in [3.05, 3.63) is 72.1 Å². The summed E-state index contributed by atoms with van der Waals surface area (Å²) in [5.74, 6) is -7.17. The Balaban J connectivity index is 1.71. The summed E-state index contributed by atoms with van der Waals surface area (Å²) in [7, 11) is 0. The number of carbonyl (C=O) groups excluding carboxylic acids is 8. The summed E-state index contributed by atoms with van der Waals surface area (Å²) in [5.41, 5.74) is 41.1. The van der Waals surface area contributed by atoms with E-state index in [4.69, 9.17) is 40.1 Å². The van der Waals surface area contributed by atoms with Gasteiger partial charge in [-0.2, -0.15) is 25.3 Å². The fraction of sp³-hybridized carbons (Fsp3) is 0.438. The zero-order valence-electron chi connectivity index (χ0n) is 42.6. The van der Waals surface area contributed by atoms with Gasteiger partial charge in [0.25, 0.3) is 0 Å². The fourth-order valence-electron chi connectivity index (χ4n) is 8.06. The maximum atomic E-state index is 15.0. The van der Waals surface area contributed by atoms with Crippen LogP contribution in [-0.4, -0.2) is 149 Å². The molecule has 2 aromatic heterocycles. The second-order valence-electron chi connectivity index (χ2n) is 17.9. The number of para-hydroxylation sites is 2. The van der Waals surface area contributed by atoms with E-state index < -0.39 is 89.6 Å². The maximum Gasteiger partial charge on any atom is 0.244 e. The Kier molecular flexibility index (Phi) is 24.7. The molecule has 4 rings (SSSR count). The molecule has 0 radical (unpaired) electrons. The third-order valence-electron chi connectivity index (χ3n) is 11.9. The van der Waals surface area contributed by atoms with Crippen LogP contribution >= 0.6 is 25.3 Å². The average Bonchev–Trinajstić information content (AvgIpc) is 4.00. The third kappa shape index (κ3) is 20.1. The lowest BCUT2D eigenvalue weighted by Crippen LogP contribution is -2.61. The average molecular weight is 1110 g/mol. The number of nitrogens with two attached hydrogens (primary N) is 7. The number of primary amides is 1.